The van der Waals surface area contributed by atoms with Gasteiger partial charge >= 0.3 is 12.0 Å². The van der Waals surface area contributed by atoms with E-state index < -0.39 is 28.6 Å². The van der Waals surface area contributed by atoms with Gasteiger partial charge in [0.05, 0.1) is 12.0 Å². The van der Waals surface area contributed by atoms with Crippen LogP contribution in [0.5, 0.6) is 0 Å². The minimum atomic E-state index is -3.87. The van der Waals surface area contributed by atoms with Crippen LogP contribution in [0.4, 0.5) is 10.5 Å². The predicted molar refractivity (Wildman–Crippen MR) is 85.6 cm³/mol. The first-order chi connectivity index (χ1) is 10.8. The second-order valence-electron chi connectivity index (χ2n) is 4.84. The van der Waals surface area contributed by atoms with Crippen molar-refractivity contribution in [3.05, 3.63) is 24.3 Å². The van der Waals surface area contributed by atoms with E-state index in [0.29, 0.717) is 5.69 Å². The second-order valence-corrected chi connectivity index (χ2v) is 6.60. The van der Waals surface area contributed by atoms with E-state index in [4.69, 9.17) is 0 Å². The third-order valence-electron chi connectivity index (χ3n) is 3.03. The first-order valence-corrected chi connectivity index (χ1v) is 8.51. The number of benzene rings is 1. The molecule has 0 saturated carbocycles. The standard InChI is InChI=1S/C14H21N3O5S/c1-4-10(2)16-14(19)17-11-6-5-7-12(8-11)23(20,21)15-9-13(18)22-3/h5-8,10,15H,4,9H2,1-3H3,(H2,16,17,19). The number of rotatable bonds is 7. The van der Waals surface area contributed by atoms with E-state index in [1.165, 1.54) is 18.2 Å². The molecule has 0 aliphatic carbocycles. The van der Waals surface area contributed by atoms with Gasteiger partial charge in [0.15, 0.2) is 0 Å². The number of hydrogen-bond acceptors (Lipinski definition) is 5. The van der Waals surface area contributed by atoms with Gasteiger partial charge < -0.3 is 15.4 Å². The molecule has 0 heterocycles. The molecule has 23 heavy (non-hydrogen) atoms. The van der Waals surface area contributed by atoms with E-state index in [1.807, 2.05) is 13.8 Å². The van der Waals surface area contributed by atoms with E-state index in [1.54, 1.807) is 6.07 Å². The maximum atomic E-state index is 12.1. The predicted octanol–water partition coefficient (Wildman–Crippen LogP) is 1.06. The fraction of sp³-hybridized carbons (Fsp3) is 0.429. The van der Waals surface area contributed by atoms with Gasteiger partial charge in [-0.25, -0.2) is 13.2 Å². The van der Waals surface area contributed by atoms with Crippen LogP contribution in [-0.4, -0.2) is 40.1 Å². The van der Waals surface area contributed by atoms with E-state index in [9.17, 15) is 18.0 Å². The minimum Gasteiger partial charge on any atom is -0.468 e. The maximum Gasteiger partial charge on any atom is 0.320 e. The molecule has 0 saturated heterocycles. The summed E-state index contributed by atoms with van der Waals surface area (Å²) < 4.78 is 30.6. The number of hydrogen-bond donors (Lipinski definition) is 3. The van der Waals surface area contributed by atoms with Gasteiger partial charge in [0.25, 0.3) is 0 Å². The SMILES string of the molecule is CCC(C)NC(=O)Nc1cccc(S(=O)(=O)NCC(=O)OC)c1. The molecule has 0 aromatic heterocycles. The molecule has 0 fully saturated rings. The molecule has 0 radical (unpaired) electrons. The van der Waals surface area contributed by atoms with Crippen LogP contribution in [0.1, 0.15) is 20.3 Å². The van der Waals surface area contributed by atoms with Crippen molar-refractivity contribution in [2.75, 3.05) is 19.0 Å². The summed E-state index contributed by atoms with van der Waals surface area (Å²) in [6.07, 6.45) is 0.777. The van der Waals surface area contributed by atoms with Crippen molar-refractivity contribution >= 4 is 27.7 Å². The first kappa shape index (κ1) is 18.9. The molecule has 1 aromatic carbocycles. The molecule has 8 nitrogen and oxygen atoms in total. The summed E-state index contributed by atoms with van der Waals surface area (Å²) >= 11 is 0. The number of methoxy groups -OCH3 is 1. The molecule has 0 spiro atoms. The highest BCUT2D eigenvalue weighted by molar-refractivity contribution is 7.89. The van der Waals surface area contributed by atoms with E-state index in [-0.39, 0.29) is 10.9 Å². The normalized spacial score (nSPS) is 12.3. The van der Waals surface area contributed by atoms with Crippen molar-refractivity contribution in [1.29, 1.82) is 0 Å². The van der Waals surface area contributed by atoms with Crippen LogP contribution in [0.25, 0.3) is 0 Å². The Bertz CT molecular complexity index is 660. The number of amides is 2. The molecule has 128 valence electrons. The zero-order valence-corrected chi connectivity index (χ0v) is 14.1. The number of carbonyl (C=O) groups excluding carboxylic acids is 2. The van der Waals surface area contributed by atoms with Crippen LogP contribution in [0, 0.1) is 0 Å². The zero-order chi connectivity index (χ0) is 17.5. The molecular weight excluding hydrogens is 322 g/mol. The van der Waals surface area contributed by atoms with Gasteiger partial charge in [-0.15, -0.1) is 0 Å². The molecular formula is C14H21N3O5S. The van der Waals surface area contributed by atoms with Gasteiger partial charge in [-0.1, -0.05) is 13.0 Å². The van der Waals surface area contributed by atoms with Gasteiger partial charge in [0, 0.05) is 11.7 Å². The van der Waals surface area contributed by atoms with Gasteiger partial charge in [0.1, 0.15) is 6.54 Å². The Morgan fingerprint density at radius 2 is 2.00 bits per heavy atom. The number of sulfonamides is 1. The number of carbonyl (C=O) groups is 2. The Balaban J connectivity index is 2.79. The van der Waals surface area contributed by atoms with E-state index in [2.05, 4.69) is 20.1 Å². The summed E-state index contributed by atoms with van der Waals surface area (Å²) in [6.45, 7) is 3.33. The van der Waals surface area contributed by atoms with Crippen molar-refractivity contribution in [3.63, 3.8) is 0 Å². The molecule has 0 aliphatic rings. The highest BCUT2D eigenvalue weighted by atomic mass is 32.2. The molecule has 1 rings (SSSR count). The van der Waals surface area contributed by atoms with Crippen molar-refractivity contribution in [1.82, 2.24) is 10.0 Å². The fourth-order valence-corrected chi connectivity index (χ4v) is 2.56. The summed E-state index contributed by atoms with van der Waals surface area (Å²) in [6, 6.07) is 5.30. The summed E-state index contributed by atoms with van der Waals surface area (Å²) in [7, 11) is -2.71. The number of urea groups is 1. The molecule has 9 heteroatoms. The van der Waals surface area contributed by atoms with Gasteiger partial charge in [-0.3, -0.25) is 4.79 Å². The summed E-state index contributed by atoms with van der Waals surface area (Å²) in [4.78, 5) is 22.7. The first-order valence-electron chi connectivity index (χ1n) is 7.02. The summed E-state index contributed by atoms with van der Waals surface area (Å²) in [5, 5.41) is 5.27. The lowest BCUT2D eigenvalue weighted by Crippen LogP contribution is -2.35. The number of nitrogens with one attached hydrogen (secondary N) is 3. The smallest absolute Gasteiger partial charge is 0.320 e. The third kappa shape index (κ3) is 6.25. The Morgan fingerprint density at radius 1 is 1.30 bits per heavy atom. The monoisotopic (exact) mass is 343 g/mol. The van der Waals surface area contributed by atoms with E-state index >= 15 is 0 Å². The molecule has 3 N–H and O–H groups in total. The molecule has 1 aromatic rings. The summed E-state index contributed by atoms with van der Waals surface area (Å²) in [5.41, 5.74) is 0.326. The zero-order valence-electron chi connectivity index (χ0n) is 13.3. The summed E-state index contributed by atoms with van der Waals surface area (Å²) in [5.74, 6) is -0.698. The fourth-order valence-electron chi connectivity index (χ4n) is 1.54. The molecule has 1 atom stereocenters. The average Bonchev–Trinajstić information content (AvgIpc) is 2.52. The topological polar surface area (TPSA) is 114 Å². The van der Waals surface area contributed by atoms with Crippen LogP contribution < -0.4 is 15.4 Å². The Kier molecular flexibility index (Phi) is 6.98. The number of anilines is 1. The largest absolute Gasteiger partial charge is 0.468 e. The minimum absolute atomic E-state index is 0.00337. The third-order valence-corrected chi connectivity index (χ3v) is 4.43. The van der Waals surface area contributed by atoms with Crippen molar-refractivity contribution in [3.8, 4) is 0 Å². The second kappa shape index (κ2) is 8.49. The molecule has 2 amide bonds. The Hall–Kier alpha value is -2.13. The van der Waals surface area contributed by atoms with Crippen molar-refractivity contribution < 1.29 is 22.7 Å². The van der Waals surface area contributed by atoms with Gasteiger partial charge in [0.2, 0.25) is 10.0 Å². The lowest BCUT2D eigenvalue weighted by atomic mass is 10.3. The lowest BCUT2D eigenvalue weighted by Gasteiger charge is -2.13. The molecule has 0 bridgehead atoms. The van der Waals surface area contributed by atoms with Crippen LogP contribution in [0.3, 0.4) is 0 Å². The Labute approximate surface area is 135 Å². The van der Waals surface area contributed by atoms with Crippen molar-refractivity contribution in [2.24, 2.45) is 0 Å². The quantitative estimate of drug-likeness (QED) is 0.641. The van der Waals surface area contributed by atoms with Gasteiger partial charge in [-0.2, -0.15) is 4.72 Å². The van der Waals surface area contributed by atoms with Gasteiger partial charge in [-0.05, 0) is 31.5 Å². The molecule has 1 unspecified atom stereocenters. The Morgan fingerprint density at radius 3 is 2.61 bits per heavy atom. The lowest BCUT2D eigenvalue weighted by molar-refractivity contribution is -0.139. The maximum absolute atomic E-state index is 12.1. The van der Waals surface area contributed by atoms with Crippen LogP contribution >= 0.6 is 0 Å². The number of ether oxygens (including phenoxy) is 1. The highest BCUT2D eigenvalue weighted by Crippen LogP contribution is 2.15. The van der Waals surface area contributed by atoms with Crippen LogP contribution in [0.15, 0.2) is 29.2 Å². The van der Waals surface area contributed by atoms with E-state index in [0.717, 1.165) is 13.5 Å². The van der Waals surface area contributed by atoms with Crippen molar-refractivity contribution in [2.45, 2.75) is 31.2 Å². The highest BCUT2D eigenvalue weighted by Gasteiger charge is 2.16. The molecule has 0 aliphatic heterocycles. The average molecular weight is 343 g/mol. The van der Waals surface area contributed by atoms with Crippen LogP contribution in [0.2, 0.25) is 0 Å². The van der Waals surface area contributed by atoms with Crippen LogP contribution in [-0.2, 0) is 19.6 Å². The number of esters is 1.